The van der Waals surface area contributed by atoms with E-state index in [-0.39, 0.29) is 35.1 Å². The minimum absolute atomic E-state index is 0.0977. The molecule has 0 bridgehead atoms. The largest absolute Gasteiger partial charge is 0.462 e. The summed E-state index contributed by atoms with van der Waals surface area (Å²) in [7, 11) is 1.62. The molecule has 2 aromatic heterocycles. The predicted octanol–water partition coefficient (Wildman–Crippen LogP) is 2.34. The summed E-state index contributed by atoms with van der Waals surface area (Å²) >= 11 is 0.974. The quantitative estimate of drug-likeness (QED) is 0.485. The number of amides is 1. The molecule has 2 heterocycles. The molecule has 11 heteroatoms. The zero-order valence-corrected chi connectivity index (χ0v) is 18.8. The number of hydrogen-bond acceptors (Lipinski definition) is 9. The van der Waals surface area contributed by atoms with Crippen molar-refractivity contribution < 1.29 is 23.9 Å². The standard InChI is InChI=1S/C21H23N5O5S/c1-4-30-20(28)17-13(2)18(21(29)31-11-10-14-8-6-5-7-9-14)32-19(17)22-16(27)12-15-23-24-25-26(15)3/h5-9H,4,10-12H2,1-3H3,(H,22,27). The zero-order chi connectivity index (χ0) is 23.1. The van der Waals surface area contributed by atoms with Gasteiger partial charge in [-0.05, 0) is 35.4 Å². The van der Waals surface area contributed by atoms with Crippen molar-refractivity contribution >= 4 is 34.2 Å². The Kier molecular flexibility index (Phi) is 7.66. The highest BCUT2D eigenvalue weighted by molar-refractivity contribution is 7.18. The summed E-state index contributed by atoms with van der Waals surface area (Å²) in [6, 6.07) is 9.64. The van der Waals surface area contributed by atoms with Crippen molar-refractivity contribution in [1.29, 1.82) is 0 Å². The van der Waals surface area contributed by atoms with Crippen molar-refractivity contribution in [3.63, 3.8) is 0 Å². The molecule has 10 nitrogen and oxygen atoms in total. The lowest BCUT2D eigenvalue weighted by molar-refractivity contribution is -0.115. The molecule has 0 atom stereocenters. The van der Waals surface area contributed by atoms with Crippen LogP contribution in [0.4, 0.5) is 5.00 Å². The third-order valence-corrected chi connectivity index (χ3v) is 5.75. The van der Waals surface area contributed by atoms with E-state index >= 15 is 0 Å². The number of anilines is 1. The maximum atomic E-state index is 12.7. The average molecular weight is 458 g/mol. The molecular formula is C21H23N5O5S. The SMILES string of the molecule is CCOC(=O)c1c(NC(=O)Cc2nnnn2C)sc(C(=O)OCCc2ccccc2)c1C. The second kappa shape index (κ2) is 10.6. The summed E-state index contributed by atoms with van der Waals surface area (Å²) in [5.41, 5.74) is 1.58. The van der Waals surface area contributed by atoms with Gasteiger partial charge in [0.25, 0.3) is 0 Å². The van der Waals surface area contributed by atoms with E-state index in [2.05, 4.69) is 20.8 Å². The Morgan fingerprint density at radius 2 is 1.88 bits per heavy atom. The van der Waals surface area contributed by atoms with E-state index in [4.69, 9.17) is 9.47 Å². The lowest BCUT2D eigenvalue weighted by atomic mass is 10.1. The number of nitrogens with one attached hydrogen (secondary N) is 1. The van der Waals surface area contributed by atoms with Crippen molar-refractivity contribution in [2.75, 3.05) is 18.5 Å². The molecule has 32 heavy (non-hydrogen) atoms. The van der Waals surface area contributed by atoms with Gasteiger partial charge in [-0.25, -0.2) is 14.3 Å². The Balaban J connectivity index is 1.76. The van der Waals surface area contributed by atoms with E-state index in [1.54, 1.807) is 20.9 Å². The van der Waals surface area contributed by atoms with E-state index in [1.165, 1.54) is 4.68 Å². The molecule has 1 N–H and O–H groups in total. The number of nitrogens with zero attached hydrogens (tertiary/aromatic N) is 4. The highest BCUT2D eigenvalue weighted by atomic mass is 32.1. The summed E-state index contributed by atoms with van der Waals surface area (Å²) < 4.78 is 11.9. The molecular weight excluding hydrogens is 434 g/mol. The fraction of sp³-hybridized carbons (Fsp3) is 0.333. The first-order valence-electron chi connectivity index (χ1n) is 9.93. The van der Waals surface area contributed by atoms with Gasteiger partial charge in [0.2, 0.25) is 5.91 Å². The van der Waals surface area contributed by atoms with Crippen LogP contribution in [0, 0.1) is 6.92 Å². The fourth-order valence-corrected chi connectivity index (χ4v) is 4.03. The number of esters is 2. The Hall–Kier alpha value is -3.60. The van der Waals surface area contributed by atoms with E-state index in [1.807, 2.05) is 30.3 Å². The minimum atomic E-state index is -0.625. The maximum Gasteiger partial charge on any atom is 0.348 e. The summed E-state index contributed by atoms with van der Waals surface area (Å²) in [5.74, 6) is -1.26. The second-order valence-electron chi connectivity index (χ2n) is 6.80. The normalized spacial score (nSPS) is 10.6. The molecule has 3 aromatic rings. The zero-order valence-electron chi connectivity index (χ0n) is 18.0. The highest BCUT2D eigenvalue weighted by Crippen LogP contribution is 2.34. The number of carbonyl (C=O) groups is 3. The summed E-state index contributed by atoms with van der Waals surface area (Å²) in [4.78, 5) is 37.9. The first-order valence-corrected chi connectivity index (χ1v) is 10.7. The van der Waals surface area contributed by atoms with Crippen molar-refractivity contribution in [2.24, 2.45) is 7.05 Å². The molecule has 0 spiro atoms. The first-order chi connectivity index (χ1) is 15.4. The van der Waals surface area contributed by atoms with Gasteiger partial charge in [-0.3, -0.25) is 4.79 Å². The minimum Gasteiger partial charge on any atom is -0.462 e. The number of rotatable bonds is 9. The average Bonchev–Trinajstić information content (AvgIpc) is 3.31. The van der Waals surface area contributed by atoms with Crippen molar-refractivity contribution in [2.45, 2.75) is 26.7 Å². The van der Waals surface area contributed by atoms with Crippen LogP contribution in [0.2, 0.25) is 0 Å². The Morgan fingerprint density at radius 3 is 2.53 bits per heavy atom. The van der Waals surface area contributed by atoms with Crippen molar-refractivity contribution in [3.05, 3.63) is 57.7 Å². The number of carbonyl (C=O) groups excluding carboxylic acids is 3. The lowest BCUT2D eigenvalue weighted by Crippen LogP contribution is -2.18. The van der Waals surface area contributed by atoms with E-state index in [0.29, 0.717) is 17.8 Å². The van der Waals surface area contributed by atoms with Crippen LogP contribution in [0.1, 0.15) is 43.9 Å². The van der Waals surface area contributed by atoms with Crippen LogP contribution in [0.15, 0.2) is 30.3 Å². The number of tetrazole rings is 1. The number of hydrogen-bond donors (Lipinski definition) is 1. The van der Waals surface area contributed by atoms with Gasteiger partial charge in [-0.1, -0.05) is 30.3 Å². The van der Waals surface area contributed by atoms with E-state index < -0.39 is 17.8 Å². The number of thiophene rings is 1. The third kappa shape index (κ3) is 5.55. The lowest BCUT2D eigenvalue weighted by Gasteiger charge is -2.07. The van der Waals surface area contributed by atoms with Crippen LogP contribution in [-0.2, 0) is 34.2 Å². The fourth-order valence-electron chi connectivity index (χ4n) is 2.93. The van der Waals surface area contributed by atoms with Gasteiger partial charge >= 0.3 is 11.9 Å². The number of benzene rings is 1. The van der Waals surface area contributed by atoms with Gasteiger partial charge in [-0.15, -0.1) is 16.4 Å². The van der Waals surface area contributed by atoms with Crippen LogP contribution in [0.25, 0.3) is 0 Å². The molecule has 0 unspecified atom stereocenters. The van der Waals surface area contributed by atoms with Crippen LogP contribution in [0.3, 0.4) is 0 Å². The Bertz CT molecular complexity index is 1110. The topological polar surface area (TPSA) is 125 Å². The smallest absolute Gasteiger partial charge is 0.348 e. The van der Waals surface area contributed by atoms with Gasteiger partial charge in [0.15, 0.2) is 5.82 Å². The van der Waals surface area contributed by atoms with Gasteiger partial charge in [0.1, 0.15) is 9.88 Å². The van der Waals surface area contributed by atoms with Crippen LogP contribution in [-0.4, -0.2) is 51.3 Å². The van der Waals surface area contributed by atoms with Crippen LogP contribution in [0.5, 0.6) is 0 Å². The molecule has 0 fully saturated rings. The molecule has 1 aromatic carbocycles. The van der Waals surface area contributed by atoms with Crippen LogP contribution >= 0.6 is 11.3 Å². The molecule has 1 amide bonds. The van der Waals surface area contributed by atoms with Crippen LogP contribution < -0.4 is 5.32 Å². The summed E-state index contributed by atoms with van der Waals surface area (Å²) in [6.45, 7) is 3.65. The van der Waals surface area contributed by atoms with Crippen molar-refractivity contribution in [3.8, 4) is 0 Å². The molecule has 168 valence electrons. The predicted molar refractivity (Wildman–Crippen MR) is 117 cm³/mol. The van der Waals surface area contributed by atoms with Gasteiger partial charge < -0.3 is 14.8 Å². The monoisotopic (exact) mass is 457 g/mol. The molecule has 3 rings (SSSR count). The Labute approximate surface area is 188 Å². The molecule has 0 saturated heterocycles. The Morgan fingerprint density at radius 1 is 1.12 bits per heavy atom. The van der Waals surface area contributed by atoms with Gasteiger partial charge in [-0.2, -0.15) is 0 Å². The molecule has 0 aliphatic carbocycles. The molecule has 0 radical (unpaired) electrons. The molecule has 0 aliphatic heterocycles. The number of aromatic nitrogens is 4. The van der Waals surface area contributed by atoms with Gasteiger partial charge in [0, 0.05) is 13.5 Å². The van der Waals surface area contributed by atoms with Gasteiger partial charge in [0.05, 0.1) is 25.2 Å². The number of ether oxygens (including phenoxy) is 2. The first kappa shape index (κ1) is 23.1. The molecule has 0 saturated carbocycles. The maximum absolute atomic E-state index is 12.7. The van der Waals surface area contributed by atoms with Crippen molar-refractivity contribution in [1.82, 2.24) is 20.2 Å². The number of aryl methyl sites for hydroxylation is 1. The molecule has 0 aliphatic rings. The van der Waals surface area contributed by atoms with E-state index in [0.717, 1.165) is 16.9 Å². The summed E-state index contributed by atoms with van der Waals surface area (Å²) in [6.07, 6.45) is 0.469. The third-order valence-electron chi connectivity index (χ3n) is 4.56. The van der Waals surface area contributed by atoms with E-state index in [9.17, 15) is 14.4 Å². The second-order valence-corrected chi connectivity index (χ2v) is 7.82. The summed E-state index contributed by atoms with van der Waals surface area (Å²) in [5, 5.41) is 13.8. The highest BCUT2D eigenvalue weighted by Gasteiger charge is 2.27.